The average Bonchev–Trinajstić information content (AvgIpc) is 3.34. The summed E-state index contributed by atoms with van der Waals surface area (Å²) in [4.78, 5) is 33.7. The Labute approximate surface area is 198 Å². The Bertz CT molecular complexity index is 1330. The molecule has 2 unspecified atom stereocenters. The van der Waals surface area contributed by atoms with E-state index in [4.69, 9.17) is 10.5 Å². The minimum atomic E-state index is -0.808. The van der Waals surface area contributed by atoms with Crippen LogP contribution in [0.4, 0.5) is 14.6 Å². The molecule has 0 spiro atoms. The van der Waals surface area contributed by atoms with Crippen molar-refractivity contribution in [1.29, 1.82) is 0 Å². The number of carbonyl (C=O) groups is 1. The summed E-state index contributed by atoms with van der Waals surface area (Å²) in [6.45, 7) is 1.13. The van der Waals surface area contributed by atoms with Gasteiger partial charge in [-0.3, -0.25) is 9.59 Å². The number of aromatic nitrogens is 3. The predicted octanol–water partition coefficient (Wildman–Crippen LogP) is 1.57. The molecule has 35 heavy (non-hydrogen) atoms. The fourth-order valence-electron chi connectivity index (χ4n) is 3.50. The number of nitrogen functional groups attached to an aromatic ring is 1. The van der Waals surface area contributed by atoms with Crippen molar-refractivity contribution in [3.05, 3.63) is 87.9 Å². The van der Waals surface area contributed by atoms with Gasteiger partial charge >= 0.3 is 0 Å². The minimum absolute atomic E-state index is 0.0334. The maximum Gasteiger partial charge on any atom is 0.274 e. The molecule has 4 rings (SSSR count). The highest BCUT2D eigenvalue weighted by atomic mass is 19.1. The molecular formula is C23H22F2N6O4. The number of rotatable bonds is 7. The van der Waals surface area contributed by atoms with Crippen LogP contribution >= 0.6 is 0 Å². The highest BCUT2D eigenvalue weighted by Gasteiger charge is 2.26. The molecule has 12 heteroatoms. The lowest BCUT2D eigenvalue weighted by Crippen LogP contribution is -2.28. The quantitative estimate of drug-likeness (QED) is 0.396. The lowest BCUT2D eigenvalue weighted by atomic mass is 10.1. The van der Waals surface area contributed by atoms with Crippen LogP contribution in [0.5, 0.6) is 0 Å². The summed E-state index contributed by atoms with van der Waals surface area (Å²) < 4.78 is 34.6. The topological polar surface area (TPSA) is 144 Å². The lowest BCUT2D eigenvalue weighted by molar-refractivity contribution is 0.0945. The molecule has 1 aliphatic rings. The van der Waals surface area contributed by atoms with Crippen LogP contribution in [0.25, 0.3) is 11.3 Å². The zero-order valence-electron chi connectivity index (χ0n) is 18.5. The molecule has 1 amide bonds. The second kappa shape index (κ2) is 9.89. The van der Waals surface area contributed by atoms with Gasteiger partial charge in [0.2, 0.25) is 6.23 Å². The Morgan fingerprint density at radius 1 is 1.29 bits per heavy atom. The summed E-state index contributed by atoms with van der Waals surface area (Å²) in [5, 5.41) is 15.0. The minimum Gasteiger partial charge on any atom is -0.471 e. The molecule has 0 aliphatic carbocycles. The van der Waals surface area contributed by atoms with Gasteiger partial charge in [0.25, 0.3) is 11.5 Å². The number of aliphatic hydroxyl groups is 1. The summed E-state index contributed by atoms with van der Waals surface area (Å²) in [7, 11) is 0. The molecular weight excluding hydrogens is 462 g/mol. The van der Waals surface area contributed by atoms with E-state index in [1.54, 1.807) is 6.20 Å². The van der Waals surface area contributed by atoms with Crippen LogP contribution in [0.1, 0.15) is 34.9 Å². The van der Waals surface area contributed by atoms with E-state index in [9.17, 15) is 23.5 Å². The van der Waals surface area contributed by atoms with Crippen molar-refractivity contribution >= 4 is 11.7 Å². The first-order valence-corrected chi connectivity index (χ1v) is 10.6. The van der Waals surface area contributed by atoms with Crippen molar-refractivity contribution in [3.8, 4) is 11.3 Å². The van der Waals surface area contributed by atoms with Crippen molar-refractivity contribution in [3.63, 3.8) is 0 Å². The SMILES string of the molecule is CC(O)Cn1cc(-c2nc(C(=O)NCc3c(F)cccc3F)c(N)nc2C2NC=CO2)ccc1=O. The third-order valence-electron chi connectivity index (χ3n) is 5.15. The van der Waals surface area contributed by atoms with Gasteiger partial charge in [0.1, 0.15) is 29.3 Å². The fourth-order valence-corrected chi connectivity index (χ4v) is 3.50. The molecule has 1 aliphatic heterocycles. The van der Waals surface area contributed by atoms with Crippen LogP contribution in [-0.4, -0.2) is 31.7 Å². The van der Waals surface area contributed by atoms with E-state index in [2.05, 4.69) is 20.6 Å². The molecule has 0 saturated carbocycles. The second-order valence-electron chi connectivity index (χ2n) is 7.82. The van der Waals surface area contributed by atoms with Gasteiger partial charge in [-0.2, -0.15) is 0 Å². The first-order chi connectivity index (χ1) is 16.7. The number of nitrogens with two attached hydrogens (primary N) is 1. The molecule has 1 aromatic carbocycles. The first kappa shape index (κ1) is 23.8. The van der Waals surface area contributed by atoms with Crippen molar-refractivity contribution in [2.75, 3.05) is 5.73 Å². The van der Waals surface area contributed by atoms with Crippen LogP contribution in [0.2, 0.25) is 0 Å². The van der Waals surface area contributed by atoms with E-state index in [1.807, 2.05) is 0 Å². The average molecular weight is 484 g/mol. The molecule has 0 saturated heterocycles. The van der Waals surface area contributed by atoms with Crippen molar-refractivity contribution < 1.29 is 23.4 Å². The summed E-state index contributed by atoms with van der Waals surface area (Å²) in [6.07, 6.45) is 2.87. The van der Waals surface area contributed by atoms with Crippen LogP contribution < -0.4 is 21.9 Å². The van der Waals surface area contributed by atoms with E-state index in [0.717, 1.165) is 12.1 Å². The van der Waals surface area contributed by atoms with Crippen molar-refractivity contribution in [2.45, 2.75) is 32.3 Å². The second-order valence-corrected chi connectivity index (χ2v) is 7.82. The number of anilines is 1. The Kier molecular flexibility index (Phi) is 6.73. The Balaban J connectivity index is 1.73. The monoisotopic (exact) mass is 484 g/mol. The summed E-state index contributed by atoms with van der Waals surface area (Å²) in [5.74, 6) is -2.65. The van der Waals surface area contributed by atoms with Gasteiger partial charge in [0, 0.05) is 36.1 Å². The standard InChI is InChI=1S/C23H22F2N6O4/c1-12(32)10-31-11-13(5-6-17(31)33)18-19(23-27-7-8-35-23)30-21(26)20(29-18)22(34)28-9-14-15(24)3-2-4-16(14)25/h2-8,11-12,23,27,32H,9-10H2,1H3,(H2,26,30)(H,28,34). The third-order valence-corrected chi connectivity index (χ3v) is 5.15. The van der Waals surface area contributed by atoms with Gasteiger partial charge in [-0.25, -0.2) is 18.7 Å². The molecule has 0 fully saturated rings. The maximum absolute atomic E-state index is 13.9. The van der Waals surface area contributed by atoms with Crippen molar-refractivity contribution in [1.82, 2.24) is 25.2 Å². The summed E-state index contributed by atoms with van der Waals surface area (Å²) >= 11 is 0. The molecule has 3 heterocycles. The molecule has 2 aromatic heterocycles. The summed E-state index contributed by atoms with van der Waals surface area (Å²) in [5.41, 5.74) is 5.90. The van der Waals surface area contributed by atoms with E-state index < -0.39 is 36.4 Å². The molecule has 182 valence electrons. The van der Waals surface area contributed by atoms with Crippen LogP contribution in [0, 0.1) is 11.6 Å². The zero-order chi connectivity index (χ0) is 25.1. The smallest absolute Gasteiger partial charge is 0.274 e. The van der Waals surface area contributed by atoms with Gasteiger partial charge in [-0.05, 0) is 25.1 Å². The van der Waals surface area contributed by atoms with E-state index >= 15 is 0 Å². The number of benzene rings is 1. The zero-order valence-corrected chi connectivity index (χ0v) is 18.5. The number of hydrogen-bond donors (Lipinski definition) is 4. The normalized spacial score (nSPS) is 15.4. The molecule has 5 N–H and O–H groups in total. The number of halogens is 2. The van der Waals surface area contributed by atoms with E-state index in [1.165, 1.54) is 42.1 Å². The number of carbonyl (C=O) groups excluding carboxylic acids is 1. The molecule has 0 bridgehead atoms. The van der Waals surface area contributed by atoms with Gasteiger partial charge in [-0.15, -0.1) is 0 Å². The Morgan fingerprint density at radius 2 is 2.03 bits per heavy atom. The van der Waals surface area contributed by atoms with Gasteiger partial charge in [-0.1, -0.05) is 6.07 Å². The summed E-state index contributed by atoms with van der Waals surface area (Å²) in [6, 6.07) is 6.16. The number of aliphatic hydroxyl groups excluding tert-OH is 1. The number of nitrogens with zero attached hydrogens (tertiary/aromatic N) is 3. The number of ether oxygens (including phenoxy) is 1. The van der Waals surface area contributed by atoms with E-state index in [0.29, 0.717) is 5.56 Å². The largest absolute Gasteiger partial charge is 0.471 e. The van der Waals surface area contributed by atoms with Gasteiger partial charge in [0.05, 0.1) is 12.6 Å². The van der Waals surface area contributed by atoms with Gasteiger partial charge < -0.3 is 30.8 Å². The van der Waals surface area contributed by atoms with Crippen LogP contribution in [0.3, 0.4) is 0 Å². The fraction of sp³-hybridized carbons (Fsp3) is 0.217. The first-order valence-electron chi connectivity index (χ1n) is 10.6. The van der Waals surface area contributed by atoms with Crippen molar-refractivity contribution in [2.24, 2.45) is 0 Å². The molecule has 0 radical (unpaired) electrons. The van der Waals surface area contributed by atoms with E-state index in [-0.39, 0.29) is 40.6 Å². The maximum atomic E-state index is 13.9. The predicted molar refractivity (Wildman–Crippen MR) is 121 cm³/mol. The molecule has 10 nitrogen and oxygen atoms in total. The Hall–Kier alpha value is -4.32. The van der Waals surface area contributed by atoms with Crippen LogP contribution in [-0.2, 0) is 17.8 Å². The number of amides is 1. The van der Waals surface area contributed by atoms with Crippen LogP contribution in [0.15, 0.2) is 53.8 Å². The highest BCUT2D eigenvalue weighted by Crippen LogP contribution is 2.29. The number of nitrogens with one attached hydrogen (secondary N) is 2. The number of hydrogen-bond acceptors (Lipinski definition) is 8. The third kappa shape index (κ3) is 5.11. The highest BCUT2D eigenvalue weighted by molar-refractivity contribution is 5.97. The lowest BCUT2D eigenvalue weighted by Gasteiger charge is -2.18. The molecule has 2 atom stereocenters. The number of pyridine rings is 1. The van der Waals surface area contributed by atoms with Gasteiger partial charge in [0.15, 0.2) is 11.5 Å². The molecule has 3 aromatic rings. The Morgan fingerprint density at radius 3 is 2.69 bits per heavy atom.